The van der Waals surface area contributed by atoms with E-state index >= 15 is 0 Å². The maximum atomic E-state index is 12.1. The molecule has 6 heteroatoms. The molecule has 104 valence electrons. The molecule has 1 heterocycles. The zero-order valence-corrected chi connectivity index (χ0v) is 11.6. The molecule has 19 heavy (non-hydrogen) atoms. The molecule has 2 N–H and O–H groups in total. The van der Waals surface area contributed by atoms with Gasteiger partial charge in [0, 0.05) is 0 Å². The van der Waals surface area contributed by atoms with Crippen molar-refractivity contribution in [2.45, 2.75) is 40.2 Å². The highest BCUT2D eigenvalue weighted by atomic mass is 16.4. The van der Waals surface area contributed by atoms with E-state index in [1.165, 1.54) is 0 Å². The first-order valence-corrected chi connectivity index (χ1v) is 6.15. The zero-order chi connectivity index (χ0) is 14.6. The van der Waals surface area contributed by atoms with Gasteiger partial charge in [-0.3, -0.25) is 4.79 Å². The average Bonchev–Trinajstić information content (AvgIpc) is 2.30. The largest absolute Gasteiger partial charge is 0.480 e. The molecular weight excluding hydrogens is 246 g/mol. The predicted octanol–water partition coefficient (Wildman–Crippen LogP) is 1.32. The lowest BCUT2D eigenvalue weighted by atomic mass is 10.0. The van der Waals surface area contributed by atoms with Gasteiger partial charge >= 0.3 is 5.97 Å². The Morgan fingerprint density at radius 1 is 1.32 bits per heavy atom. The molecule has 0 radical (unpaired) electrons. The lowest BCUT2D eigenvalue weighted by molar-refractivity contribution is -0.139. The molecule has 0 spiro atoms. The van der Waals surface area contributed by atoms with Gasteiger partial charge in [-0.2, -0.15) is 10.2 Å². The van der Waals surface area contributed by atoms with Crippen molar-refractivity contribution in [2.75, 3.05) is 0 Å². The van der Waals surface area contributed by atoms with E-state index in [2.05, 4.69) is 15.5 Å². The number of nitrogens with zero attached hydrogens (tertiary/aromatic N) is 2. The fourth-order valence-electron chi connectivity index (χ4n) is 1.71. The smallest absolute Gasteiger partial charge is 0.326 e. The van der Waals surface area contributed by atoms with Gasteiger partial charge in [0.15, 0.2) is 0 Å². The SMILES string of the molecule is Cc1cc(C(=O)NC(CC(C)C)C(=O)O)c(C)nn1. The predicted molar refractivity (Wildman–Crippen MR) is 69.9 cm³/mol. The summed E-state index contributed by atoms with van der Waals surface area (Å²) in [5.41, 5.74) is 1.46. The average molecular weight is 265 g/mol. The van der Waals surface area contributed by atoms with Gasteiger partial charge in [0.2, 0.25) is 0 Å². The Kier molecular flexibility index (Phi) is 4.97. The van der Waals surface area contributed by atoms with Gasteiger partial charge < -0.3 is 10.4 Å². The fourth-order valence-corrected chi connectivity index (χ4v) is 1.71. The monoisotopic (exact) mass is 265 g/mol. The number of carbonyl (C=O) groups excluding carboxylic acids is 1. The van der Waals surface area contributed by atoms with Crippen molar-refractivity contribution in [3.8, 4) is 0 Å². The van der Waals surface area contributed by atoms with Gasteiger partial charge in [0.1, 0.15) is 6.04 Å². The topological polar surface area (TPSA) is 92.2 Å². The van der Waals surface area contributed by atoms with Crippen LogP contribution in [-0.2, 0) is 4.79 Å². The standard InChI is InChI=1S/C13H19N3O3/c1-7(2)5-11(13(18)19)14-12(17)10-6-8(3)15-16-9(10)4/h6-7,11H,5H2,1-4H3,(H,14,17)(H,18,19). The van der Waals surface area contributed by atoms with Crippen LogP contribution in [0.3, 0.4) is 0 Å². The van der Waals surface area contributed by atoms with E-state index in [1.807, 2.05) is 13.8 Å². The highest BCUT2D eigenvalue weighted by Crippen LogP contribution is 2.09. The van der Waals surface area contributed by atoms with Crippen LogP contribution < -0.4 is 5.32 Å². The summed E-state index contributed by atoms with van der Waals surface area (Å²) in [6, 6.07) is 0.715. The minimum atomic E-state index is -1.03. The first kappa shape index (κ1) is 15.1. The Morgan fingerprint density at radius 3 is 2.47 bits per heavy atom. The van der Waals surface area contributed by atoms with E-state index in [0.717, 1.165) is 0 Å². The molecule has 1 unspecified atom stereocenters. The quantitative estimate of drug-likeness (QED) is 0.837. The second kappa shape index (κ2) is 6.26. The second-order valence-electron chi connectivity index (χ2n) is 4.98. The Labute approximate surface area is 112 Å². The van der Waals surface area contributed by atoms with Crippen LogP contribution in [0.5, 0.6) is 0 Å². The third-order valence-corrected chi connectivity index (χ3v) is 2.66. The molecule has 0 aliphatic carbocycles. The van der Waals surface area contributed by atoms with Gasteiger partial charge in [-0.1, -0.05) is 13.8 Å². The molecule has 1 rings (SSSR count). The van der Waals surface area contributed by atoms with E-state index in [0.29, 0.717) is 23.4 Å². The van der Waals surface area contributed by atoms with E-state index < -0.39 is 17.9 Å². The molecule has 1 amide bonds. The molecule has 0 aromatic carbocycles. The van der Waals surface area contributed by atoms with Crippen molar-refractivity contribution in [1.82, 2.24) is 15.5 Å². The first-order valence-electron chi connectivity index (χ1n) is 6.15. The molecule has 0 aliphatic rings. The molecule has 1 atom stereocenters. The first-order chi connectivity index (χ1) is 8.81. The van der Waals surface area contributed by atoms with E-state index in [-0.39, 0.29) is 5.92 Å². The van der Waals surface area contributed by atoms with Gasteiger partial charge in [-0.05, 0) is 32.3 Å². The van der Waals surface area contributed by atoms with Crippen LogP contribution >= 0.6 is 0 Å². The van der Waals surface area contributed by atoms with E-state index in [9.17, 15) is 9.59 Å². The van der Waals surface area contributed by atoms with Crippen molar-refractivity contribution in [2.24, 2.45) is 5.92 Å². The summed E-state index contributed by atoms with van der Waals surface area (Å²) in [5, 5.41) is 19.3. The van der Waals surface area contributed by atoms with Crippen molar-refractivity contribution < 1.29 is 14.7 Å². The number of carboxylic acids is 1. The number of hydrogen-bond acceptors (Lipinski definition) is 4. The molecule has 0 fully saturated rings. The number of carboxylic acid groups (broad SMARTS) is 1. The number of rotatable bonds is 5. The van der Waals surface area contributed by atoms with Crippen molar-refractivity contribution in [3.05, 3.63) is 23.0 Å². The minimum Gasteiger partial charge on any atom is -0.480 e. The van der Waals surface area contributed by atoms with Gasteiger partial charge in [0.05, 0.1) is 17.0 Å². The lowest BCUT2D eigenvalue weighted by Crippen LogP contribution is -2.42. The van der Waals surface area contributed by atoms with Gasteiger partial charge in [-0.15, -0.1) is 0 Å². The number of aromatic nitrogens is 2. The van der Waals surface area contributed by atoms with Crippen molar-refractivity contribution >= 4 is 11.9 Å². The highest BCUT2D eigenvalue weighted by molar-refractivity contribution is 5.97. The van der Waals surface area contributed by atoms with Crippen LogP contribution in [0.25, 0.3) is 0 Å². The number of hydrogen-bond donors (Lipinski definition) is 2. The Hall–Kier alpha value is -1.98. The molecule has 0 bridgehead atoms. The molecule has 0 aliphatic heterocycles. The number of carbonyl (C=O) groups is 2. The summed E-state index contributed by atoms with van der Waals surface area (Å²) >= 11 is 0. The molecule has 0 saturated carbocycles. The van der Waals surface area contributed by atoms with Crippen LogP contribution in [0.15, 0.2) is 6.07 Å². The van der Waals surface area contributed by atoms with Crippen LogP contribution in [0.1, 0.15) is 42.0 Å². The Morgan fingerprint density at radius 2 is 1.95 bits per heavy atom. The molecule has 0 saturated heterocycles. The molecular formula is C13H19N3O3. The maximum Gasteiger partial charge on any atom is 0.326 e. The second-order valence-corrected chi connectivity index (χ2v) is 4.98. The summed E-state index contributed by atoms with van der Waals surface area (Å²) in [6.45, 7) is 7.21. The van der Waals surface area contributed by atoms with E-state index in [1.54, 1.807) is 19.9 Å². The zero-order valence-electron chi connectivity index (χ0n) is 11.6. The minimum absolute atomic E-state index is 0.180. The Balaban J connectivity index is 2.87. The lowest BCUT2D eigenvalue weighted by Gasteiger charge is -2.17. The third-order valence-electron chi connectivity index (χ3n) is 2.66. The summed E-state index contributed by atoms with van der Waals surface area (Å²) in [6.07, 6.45) is 0.387. The summed E-state index contributed by atoms with van der Waals surface area (Å²) < 4.78 is 0. The third kappa shape index (κ3) is 4.31. The number of aliphatic carboxylic acids is 1. The van der Waals surface area contributed by atoms with Crippen molar-refractivity contribution in [1.29, 1.82) is 0 Å². The van der Waals surface area contributed by atoms with Crippen LogP contribution in [-0.4, -0.2) is 33.2 Å². The number of amides is 1. The van der Waals surface area contributed by atoms with Crippen LogP contribution in [0.2, 0.25) is 0 Å². The number of nitrogens with one attached hydrogen (secondary N) is 1. The van der Waals surface area contributed by atoms with Crippen LogP contribution in [0.4, 0.5) is 0 Å². The van der Waals surface area contributed by atoms with Crippen molar-refractivity contribution in [3.63, 3.8) is 0 Å². The summed E-state index contributed by atoms with van der Waals surface area (Å²) in [7, 11) is 0. The molecule has 1 aromatic rings. The Bertz CT molecular complexity index is 486. The van der Waals surface area contributed by atoms with Gasteiger partial charge in [-0.25, -0.2) is 4.79 Å². The maximum absolute atomic E-state index is 12.1. The van der Waals surface area contributed by atoms with E-state index in [4.69, 9.17) is 5.11 Å². The van der Waals surface area contributed by atoms with Gasteiger partial charge in [0.25, 0.3) is 5.91 Å². The summed E-state index contributed by atoms with van der Waals surface area (Å²) in [4.78, 5) is 23.2. The fraction of sp³-hybridized carbons (Fsp3) is 0.538. The molecule has 1 aromatic heterocycles. The normalized spacial score (nSPS) is 12.3. The van der Waals surface area contributed by atoms with Crippen LogP contribution in [0, 0.1) is 19.8 Å². The molecule has 6 nitrogen and oxygen atoms in total. The summed E-state index contributed by atoms with van der Waals surface area (Å²) in [5.74, 6) is -1.28. The number of aryl methyl sites for hydroxylation is 2. The highest BCUT2D eigenvalue weighted by Gasteiger charge is 2.22.